The summed E-state index contributed by atoms with van der Waals surface area (Å²) >= 11 is 0. The molecule has 0 aliphatic carbocycles. The van der Waals surface area contributed by atoms with Crippen molar-refractivity contribution in [3.8, 4) is 0 Å². The summed E-state index contributed by atoms with van der Waals surface area (Å²) < 4.78 is 47.1. The van der Waals surface area contributed by atoms with Crippen LogP contribution in [0.25, 0.3) is 0 Å². The number of carbonyl (C=O) groups excluding carboxylic acids is 2. The average molecular weight is 505 g/mol. The molecule has 2 aliphatic heterocycles. The third kappa shape index (κ3) is 5.55. The summed E-state index contributed by atoms with van der Waals surface area (Å²) in [5.74, 6) is -0.567. The highest BCUT2D eigenvalue weighted by Crippen LogP contribution is 2.35. The number of hydrogen-bond acceptors (Lipinski definition) is 6. The number of nitrogens with one attached hydrogen (secondary N) is 1. The summed E-state index contributed by atoms with van der Waals surface area (Å²) in [6.45, 7) is 6.58. The van der Waals surface area contributed by atoms with E-state index in [0.717, 1.165) is 18.6 Å². The summed E-state index contributed by atoms with van der Waals surface area (Å²) in [5.41, 5.74) is 0.844. The van der Waals surface area contributed by atoms with Crippen molar-refractivity contribution in [3.63, 3.8) is 0 Å². The van der Waals surface area contributed by atoms with Crippen molar-refractivity contribution in [2.24, 2.45) is 5.41 Å². The van der Waals surface area contributed by atoms with Gasteiger partial charge < -0.3 is 9.64 Å². The number of likely N-dealkylation sites (tertiary alicyclic amines) is 1. The number of aromatic nitrogens is 1. The maximum Gasteiger partial charge on any atom is 0.411 e. The van der Waals surface area contributed by atoms with Gasteiger partial charge in [0.2, 0.25) is 5.91 Å². The second-order valence-electron chi connectivity index (χ2n) is 9.99. The maximum absolute atomic E-state index is 13.6. The second-order valence-corrected chi connectivity index (χ2v) is 11.9. The molecule has 35 heavy (non-hydrogen) atoms. The van der Waals surface area contributed by atoms with Crippen LogP contribution in [0.4, 0.5) is 20.6 Å². The first-order valence-electron chi connectivity index (χ1n) is 11.4. The van der Waals surface area contributed by atoms with Crippen LogP contribution in [0.5, 0.6) is 0 Å². The van der Waals surface area contributed by atoms with Gasteiger partial charge in [-0.25, -0.2) is 17.6 Å². The highest BCUT2D eigenvalue weighted by atomic mass is 32.2. The fourth-order valence-corrected chi connectivity index (χ4v) is 5.68. The molecule has 1 saturated heterocycles. The number of hydrogen-bond donors (Lipinski definition) is 1. The Morgan fingerprint density at radius 2 is 1.97 bits per heavy atom. The topological polar surface area (TPSA) is 109 Å². The Hall–Kier alpha value is -3.21. The van der Waals surface area contributed by atoms with Crippen LogP contribution in [0, 0.1) is 11.2 Å². The van der Waals surface area contributed by atoms with Crippen molar-refractivity contribution < 1.29 is 27.1 Å². The Labute approximate surface area is 204 Å². The van der Waals surface area contributed by atoms with E-state index in [4.69, 9.17) is 4.74 Å². The number of nitrogens with zero attached hydrogens (tertiary/aromatic N) is 3. The molecule has 0 saturated carbocycles. The Kier molecular flexibility index (Phi) is 6.72. The smallest absolute Gasteiger partial charge is 0.411 e. The number of fused-ring (bicyclic) bond motifs is 1. The number of pyridine rings is 1. The van der Waals surface area contributed by atoms with Gasteiger partial charge in [0.05, 0.1) is 47.4 Å². The fraction of sp³-hybridized carbons (Fsp3) is 0.458. The largest absolute Gasteiger partial charge is 0.449 e. The highest BCUT2D eigenvalue weighted by molar-refractivity contribution is 7.92. The summed E-state index contributed by atoms with van der Waals surface area (Å²) in [4.78, 5) is 30.7. The van der Waals surface area contributed by atoms with Gasteiger partial charge in [0.15, 0.2) is 0 Å². The van der Waals surface area contributed by atoms with Gasteiger partial charge in [-0.05, 0) is 42.2 Å². The third-order valence-electron chi connectivity index (χ3n) is 5.86. The zero-order valence-corrected chi connectivity index (χ0v) is 20.8. The lowest BCUT2D eigenvalue weighted by Crippen LogP contribution is -2.51. The van der Waals surface area contributed by atoms with E-state index in [1.54, 1.807) is 4.90 Å². The number of benzene rings is 1. The number of sulfonamides is 1. The van der Waals surface area contributed by atoms with E-state index >= 15 is 0 Å². The molecule has 2 amide bonds. The first-order chi connectivity index (χ1) is 16.4. The van der Waals surface area contributed by atoms with Gasteiger partial charge in [-0.15, -0.1) is 0 Å². The summed E-state index contributed by atoms with van der Waals surface area (Å²) in [5, 5.41) is 2.60. The summed E-state index contributed by atoms with van der Waals surface area (Å²) in [6, 6.07) is 5.73. The molecule has 1 atom stereocenters. The van der Waals surface area contributed by atoms with Gasteiger partial charge in [0.1, 0.15) is 5.82 Å². The molecule has 2 aromatic rings. The first kappa shape index (κ1) is 24.9. The zero-order valence-electron chi connectivity index (χ0n) is 20.0. The minimum Gasteiger partial charge on any atom is -0.449 e. The molecular weight excluding hydrogens is 475 g/mol. The average Bonchev–Trinajstić information content (AvgIpc) is 3.22. The van der Waals surface area contributed by atoms with Gasteiger partial charge in [0, 0.05) is 19.4 Å². The molecule has 0 bridgehead atoms. The molecule has 188 valence electrons. The van der Waals surface area contributed by atoms with Gasteiger partial charge >= 0.3 is 6.09 Å². The summed E-state index contributed by atoms with van der Waals surface area (Å²) in [7, 11) is -4.10. The fourth-order valence-electron chi connectivity index (χ4n) is 4.16. The molecule has 0 radical (unpaired) electrons. The van der Waals surface area contributed by atoms with Crippen molar-refractivity contribution >= 4 is 33.4 Å². The van der Waals surface area contributed by atoms with Crippen molar-refractivity contribution in [2.45, 2.75) is 51.0 Å². The minimum atomic E-state index is -4.10. The molecule has 2 aliphatic rings. The van der Waals surface area contributed by atoms with Crippen LogP contribution in [-0.4, -0.2) is 56.0 Å². The van der Waals surface area contributed by atoms with Crippen LogP contribution < -0.4 is 9.62 Å². The van der Waals surface area contributed by atoms with E-state index in [1.807, 2.05) is 20.8 Å². The Morgan fingerprint density at radius 1 is 1.26 bits per heavy atom. The van der Waals surface area contributed by atoms with Crippen LogP contribution in [0.3, 0.4) is 0 Å². The van der Waals surface area contributed by atoms with Crippen molar-refractivity contribution in [1.82, 2.24) is 9.88 Å². The quantitative estimate of drug-likeness (QED) is 0.667. The van der Waals surface area contributed by atoms with Gasteiger partial charge in [-0.3, -0.25) is 19.4 Å². The summed E-state index contributed by atoms with van der Waals surface area (Å²) in [6.07, 6.45) is 2.30. The second kappa shape index (κ2) is 9.44. The molecule has 1 aromatic heterocycles. The van der Waals surface area contributed by atoms with Gasteiger partial charge in [-0.2, -0.15) is 0 Å². The number of amides is 2. The molecule has 11 heteroatoms. The molecular formula is C24H29FN4O5S. The Morgan fingerprint density at radius 3 is 2.60 bits per heavy atom. The number of carbonyl (C=O) groups is 2. The normalized spacial score (nSPS) is 18.4. The van der Waals surface area contributed by atoms with Crippen molar-refractivity contribution in [2.75, 3.05) is 29.3 Å². The third-order valence-corrected chi connectivity index (χ3v) is 7.65. The minimum absolute atomic E-state index is 0.0162. The molecule has 4 rings (SSSR count). The lowest BCUT2D eigenvalue weighted by Gasteiger charge is -2.38. The van der Waals surface area contributed by atoms with Crippen LogP contribution in [-0.2, 0) is 26.0 Å². The molecule has 9 nitrogen and oxygen atoms in total. The van der Waals surface area contributed by atoms with E-state index < -0.39 is 21.9 Å². The standard InChI is InChI=1S/C24H29FN4O5S/c1-24(2,3)15-34-23(31)27-17-11-21-20(26-13-17)12-18(28-10-4-5-22(28)30)14-29(21)35(32,33)19-8-6-16(25)7-9-19/h6-9,11,13,18H,4-5,10,12,14-15H2,1-3H3,(H,27,31)/t18-/m1/s1. The van der Waals surface area contributed by atoms with Crippen LogP contribution in [0.15, 0.2) is 41.4 Å². The van der Waals surface area contributed by atoms with E-state index in [9.17, 15) is 22.4 Å². The first-order valence-corrected chi connectivity index (χ1v) is 12.9. The highest BCUT2D eigenvalue weighted by Gasteiger charge is 2.39. The molecule has 0 spiro atoms. The van der Waals surface area contributed by atoms with Crippen LogP contribution >= 0.6 is 0 Å². The Balaban J connectivity index is 1.67. The van der Waals surface area contributed by atoms with E-state index in [2.05, 4.69) is 10.3 Å². The number of ether oxygens (including phenoxy) is 1. The monoisotopic (exact) mass is 504 g/mol. The molecule has 1 N–H and O–H groups in total. The van der Waals surface area contributed by atoms with Crippen molar-refractivity contribution in [1.29, 1.82) is 0 Å². The number of rotatable bonds is 5. The van der Waals surface area contributed by atoms with Crippen LogP contribution in [0.1, 0.15) is 39.3 Å². The number of anilines is 2. The molecule has 1 aromatic carbocycles. The van der Waals surface area contributed by atoms with Gasteiger partial charge in [0.25, 0.3) is 10.0 Å². The lowest BCUT2D eigenvalue weighted by molar-refractivity contribution is -0.129. The Bertz CT molecular complexity index is 1230. The van der Waals surface area contributed by atoms with Crippen LogP contribution in [0.2, 0.25) is 0 Å². The van der Waals surface area contributed by atoms with E-state index in [-0.39, 0.29) is 41.1 Å². The predicted octanol–water partition coefficient (Wildman–Crippen LogP) is 3.56. The van der Waals surface area contributed by atoms with Crippen molar-refractivity contribution in [3.05, 3.63) is 48.0 Å². The van der Waals surface area contributed by atoms with E-state index in [0.29, 0.717) is 30.8 Å². The zero-order chi connectivity index (χ0) is 25.4. The SMILES string of the molecule is CC(C)(C)COC(=O)Nc1cnc2c(c1)N(S(=O)(=O)c1ccc(F)cc1)C[C@H](N1CCCC1=O)C2. The van der Waals surface area contributed by atoms with E-state index in [1.165, 1.54) is 28.7 Å². The predicted molar refractivity (Wildman–Crippen MR) is 128 cm³/mol. The van der Waals surface area contributed by atoms with Gasteiger partial charge in [-0.1, -0.05) is 20.8 Å². The maximum atomic E-state index is 13.6. The molecule has 1 fully saturated rings. The molecule has 0 unspecified atom stereocenters. The number of halogens is 1. The molecule has 3 heterocycles. The lowest BCUT2D eigenvalue weighted by atomic mass is 9.99.